The van der Waals surface area contributed by atoms with E-state index in [1.165, 1.54) is 28.0 Å². The number of hydrogen-bond donors (Lipinski definition) is 0. The van der Waals surface area contributed by atoms with E-state index in [1.807, 2.05) is 36.4 Å². The van der Waals surface area contributed by atoms with Crippen LogP contribution in [0.15, 0.2) is 70.4 Å². The molecular weight excluding hydrogens is 471 g/mol. The lowest BCUT2D eigenvalue weighted by atomic mass is 9.83. The number of ether oxygens (including phenoxy) is 2. The molecule has 0 saturated heterocycles. The van der Waals surface area contributed by atoms with Crippen molar-refractivity contribution in [3.63, 3.8) is 0 Å². The van der Waals surface area contributed by atoms with Gasteiger partial charge in [0, 0.05) is 22.7 Å². The van der Waals surface area contributed by atoms with Gasteiger partial charge in [0.2, 0.25) is 0 Å². The number of nitrogens with zero attached hydrogens (tertiary/aromatic N) is 2. The standard InChI is InChI=1S/C32H39BN2O3/c1-10-26-20(3)31(34-22(26)5)30(24-15-14-16-25(19-24)36-8)32-21(4)27(11-2)23(6)35(32)33(7)38-29-18-13-12-17-28(29)37-9/h12-19H,10-11H2,1-9H3/b31-30-. The van der Waals surface area contributed by atoms with Gasteiger partial charge in [0.05, 0.1) is 19.9 Å². The molecule has 0 amide bonds. The number of hydrogen-bond acceptors (Lipinski definition) is 4. The molecule has 0 fully saturated rings. The third-order valence-electron chi connectivity index (χ3n) is 7.64. The smallest absolute Gasteiger partial charge is 0.483 e. The maximum atomic E-state index is 6.58. The molecule has 6 heteroatoms. The molecule has 0 spiro atoms. The fraction of sp³-hybridized carbons (Fsp3) is 0.344. The lowest BCUT2D eigenvalue weighted by molar-refractivity contribution is 0.392. The fourth-order valence-corrected chi connectivity index (χ4v) is 5.81. The van der Waals surface area contributed by atoms with Crippen LogP contribution in [0.3, 0.4) is 0 Å². The van der Waals surface area contributed by atoms with E-state index in [1.54, 1.807) is 14.2 Å². The first-order valence-electron chi connectivity index (χ1n) is 13.4. The Balaban J connectivity index is 2.03. The summed E-state index contributed by atoms with van der Waals surface area (Å²) in [5.74, 6) is 2.25. The minimum atomic E-state index is -0.289. The molecule has 4 rings (SSSR count). The topological polar surface area (TPSA) is 45.0 Å². The molecule has 2 heterocycles. The van der Waals surface area contributed by atoms with Crippen molar-refractivity contribution < 1.29 is 14.1 Å². The van der Waals surface area contributed by atoms with Gasteiger partial charge in [-0.25, -0.2) is 0 Å². The number of aromatic nitrogens is 1. The highest BCUT2D eigenvalue weighted by atomic mass is 16.5. The van der Waals surface area contributed by atoms with Crippen molar-refractivity contribution in [2.45, 2.75) is 61.2 Å². The van der Waals surface area contributed by atoms with Gasteiger partial charge in [-0.2, -0.15) is 0 Å². The van der Waals surface area contributed by atoms with Gasteiger partial charge in [0.1, 0.15) is 11.5 Å². The molecule has 0 radical (unpaired) electrons. The van der Waals surface area contributed by atoms with E-state index >= 15 is 0 Å². The van der Waals surface area contributed by atoms with E-state index < -0.39 is 0 Å². The predicted molar refractivity (Wildman–Crippen MR) is 159 cm³/mol. The summed E-state index contributed by atoms with van der Waals surface area (Å²) in [5.41, 5.74) is 11.7. The van der Waals surface area contributed by atoms with E-state index in [9.17, 15) is 0 Å². The maximum absolute atomic E-state index is 6.58. The first-order valence-corrected chi connectivity index (χ1v) is 13.4. The zero-order valence-corrected chi connectivity index (χ0v) is 24.2. The second kappa shape index (κ2) is 11.4. The Hall–Kier alpha value is -3.67. The molecule has 2 aromatic carbocycles. The van der Waals surface area contributed by atoms with E-state index in [2.05, 4.69) is 65.0 Å². The zero-order chi connectivity index (χ0) is 27.6. The predicted octanol–water partition coefficient (Wildman–Crippen LogP) is 7.69. The third kappa shape index (κ3) is 4.80. The summed E-state index contributed by atoms with van der Waals surface area (Å²) in [4.78, 5) is 5.16. The Kier molecular flexibility index (Phi) is 8.20. The van der Waals surface area contributed by atoms with Gasteiger partial charge < -0.3 is 18.6 Å². The molecule has 1 aromatic heterocycles. The van der Waals surface area contributed by atoms with Crippen molar-refractivity contribution in [2.24, 2.45) is 4.99 Å². The molecule has 198 valence electrons. The van der Waals surface area contributed by atoms with Gasteiger partial charge in [0.25, 0.3) is 0 Å². The second-order valence-corrected chi connectivity index (χ2v) is 9.74. The number of aliphatic imine (C=N–C) groups is 1. The number of rotatable bonds is 9. The lowest BCUT2D eigenvalue weighted by Gasteiger charge is -2.22. The Morgan fingerprint density at radius 2 is 1.61 bits per heavy atom. The Morgan fingerprint density at radius 1 is 0.895 bits per heavy atom. The van der Waals surface area contributed by atoms with Crippen molar-refractivity contribution in [1.29, 1.82) is 0 Å². The molecule has 5 nitrogen and oxygen atoms in total. The number of benzene rings is 2. The number of para-hydroxylation sites is 2. The van der Waals surface area contributed by atoms with Gasteiger partial charge in [-0.15, -0.1) is 0 Å². The molecular formula is C32H39BN2O3. The van der Waals surface area contributed by atoms with Crippen LogP contribution in [0.4, 0.5) is 0 Å². The summed E-state index contributed by atoms with van der Waals surface area (Å²) < 4.78 is 20.1. The average Bonchev–Trinajstić information content (AvgIpc) is 3.34. The number of allylic oxidation sites excluding steroid dienone is 2. The van der Waals surface area contributed by atoms with Gasteiger partial charge >= 0.3 is 7.05 Å². The normalized spacial score (nSPS) is 14.5. The fourth-order valence-electron chi connectivity index (χ4n) is 5.81. The van der Waals surface area contributed by atoms with Crippen molar-refractivity contribution in [2.75, 3.05) is 14.2 Å². The summed E-state index contributed by atoms with van der Waals surface area (Å²) in [6.07, 6.45) is 1.87. The van der Waals surface area contributed by atoms with E-state index in [0.29, 0.717) is 11.5 Å². The first kappa shape index (κ1) is 27.4. The summed E-state index contributed by atoms with van der Waals surface area (Å²) in [5, 5.41) is 0. The Morgan fingerprint density at radius 3 is 2.21 bits per heavy atom. The second-order valence-electron chi connectivity index (χ2n) is 9.74. The van der Waals surface area contributed by atoms with Crippen molar-refractivity contribution in [3.05, 3.63) is 93.5 Å². The molecule has 0 saturated carbocycles. The highest BCUT2D eigenvalue weighted by Crippen LogP contribution is 2.41. The van der Waals surface area contributed by atoms with Crippen LogP contribution >= 0.6 is 0 Å². The molecule has 0 bridgehead atoms. The minimum absolute atomic E-state index is 0.289. The Labute approximate surface area is 228 Å². The van der Waals surface area contributed by atoms with Crippen molar-refractivity contribution in [1.82, 2.24) is 4.48 Å². The molecule has 1 aliphatic heterocycles. The van der Waals surface area contributed by atoms with Crippen molar-refractivity contribution >= 4 is 18.3 Å². The molecule has 0 atom stereocenters. The highest BCUT2D eigenvalue weighted by molar-refractivity contribution is 6.50. The van der Waals surface area contributed by atoms with Crippen LogP contribution in [0.25, 0.3) is 5.57 Å². The van der Waals surface area contributed by atoms with Gasteiger partial charge in [-0.3, -0.25) is 4.99 Å². The summed E-state index contributed by atoms with van der Waals surface area (Å²) in [6, 6.07) is 16.1. The minimum Gasteiger partial charge on any atom is -0.539 e. The van der Waals surface area contributed by atoms with E-state index in [-0.39, 0.29) is 7.05 Å². The summed E-state index contributed by atoms with van der Waals surface area (Å²) in [6.45, 7) is 15.2. The maximum Gasteiger partial charge on any atom is 0.483 e. The van der Waals surface area contributed by atoms with Gasteiger partial charge in [-0.1, -0.05) is 38.1 Å². The van der Waals surface area contributed by atoms with Crippen LogP contribution in [0.5, 0.6) is 17.2 Å². The molecule has 1 aliphatic rings. The van der Waals surface area contributed by atoms with Crippen LogP contribution in [0.1, 0.15) is 62.2 Å². The lowest BCUT2D eigenvalue weighted by Crippen LogP contribution is -2.31. The van der Waals surface area contributed by atoms with Crippen LogP contribution in [-0.2, 0) is 6.42 Å². The Bertz CT molecular complexity index is 1440. The molecule has 0 aliphatic carbocycles. The summed E-state index contributed by atoms with van der Waals surface area (Å²) >= 11 is 0. The summed E-state index contributed by atoms with van der Waals surface area (Å²) in [7, 11) is 3.09. The quantitative estimate of drug-likeness (QED) is 0.277. The van der Waals surface area contributed by atoms with Crippen LogP contribution in [0, 0.1) is 13.8 Å². The van der Waals surface area contributed by atoms with E-state index in [4.69, 9.17) is 19.1 Å². The highest BCUT2D eigenvalue weighted by Gasteiger charge is 2.31. The third-order valence-corrected chi connectivity index (χ3v) is 7.64. The van der Waals surface area contributed by atoms with Crippen LogP contribution in [0.2, 0.25) is 6.82 Å². The van der Waals surface area contributed by atoms with Crippen LogP contribution in [-0.4, -0.2) is 31.5 Å². The van der Waals surface area contributed by atoms with Crippen molar-refractivity contribution in [3.8, 4) is 17.2 Å². The molecule has 0 N–H and O–H groups in total. The van der Waals surface area contributed by atoms with Gasteiger partial charge in [-0.05, 0) is 99.5 Å². The molecule has 38 heavy (non-hydrogen) atoms. The zero-order valence-electron chi connectivity index (χ0n) is 24.2. The van der Waals surface area contributed by atoms with Gasteiger partial charge in [0.15, 0.2) is 5.75 Å². The average molecular weight is 510 g/mol. The van der Waals surface area contributed by atoms with E-state index in [0.717, 1.165) is 46.8 Å². The SMILES string of the molecule is CCC1=C(C)/C(=C(\c2cccc(OC)c2)c2c(C)c(CC)c(C)n2B(C)Oc2ccccc2OC)N=C1C. The first-order chi connectivity index (χ1) is 18.3. The largest absolute Gasteiger partial charge is 0.539 e. The number of methoxy groups -OCH3 is 2. The molecule has 0 unspecified atom stereocenters. The van der Waals surface area contributed by atoms with Crippen LogP contribution < -0.4 is 14.1 Å². The monoisotopic (exact) mass is 510 g/mol. The molecule has 3 aromatic rings.